The van der Waals surface area contributed by atoms with Gasteiger partial charge in [-0.25, -0.2) is 20.3 Å². The second-order valence-electron chi connectivity index (χ2n) is 9.72. The molecular formula is C27H40Cl2N4O5. The number of halogens is 2. The van der Waals surface area contributed by atoms with Gasteiger partial charge in [0.05, 0.1) is 12.6 Å². The van der Waals surface area contributed by atoms with Crippen LogP contribution in [-0.2, 0) is 24.0 Å². The highest BCUT2D eigenvalue weighted by Crippen LogP contribution is 2.20. The van der Waals surface area contributed by atoms with Crippen molar-refractivity contribution < 1.29 is 24.0 Å². The molecule has 0 aliphatic carbocycles. The number of alkyl halides is 2. The zero-order valence-electron chi connectivity index (χ0n) is 22.4. The Hall–Kier alpha value is -2.17. The molecule has 0 radical (unpaired) electrons. The van der Waals surface area contributed by atoms with Crippen molar-refractivity contribution in [3.05, 3.63) is 42.0 Å². The van der Waals surface area contributed by atoms with Gasteiger partial charge in [-0.05, 0) is 44.1 Å². The summed E-state index contributed by atoms with van der Waals surface area (Å²) in [5.74, 6) is -1.40. The highest BCUT2D eigenvalue weighted by atomic mass is 35.5. The van der Waals surface area contributed by atoms with Gasteiger partial charge in [0.2, 0.25) is 5.91 Å². The highest BCUT2D eigenvalue weighted by molar-refractivity contribution is 6.44. The Labute approximate surface area is 235 Å². The average molecular weight is 572 g/mol. The number of hydrazine groups is 1. The van der Waals surface area contributed by atoms with Gasteiger partial charge in [-0.2, -0.15) is 0 Å². The topological polar surface area (TPSA) is 114 Å². The number of hydroxylamine groups is 1. The fourth-order valence-electron chi connectivity index (χ4n) is 3.86. The molecule has 38 heavy (non-hydrogen) atoms. The average Bonchev–Trinajstić information content (AvgIpc) is 2.89. The smallest absolute Gasteiger partial charge is 0.268 e. The van der Waals surface area contributed by atoms with Gasteiger partial charge in [0, 0.05) is 19.4 Å². The van der Waals surface area contributed by atoms with Crippen molar-refractivity contribution in [2.75, 3.05) is 13.2 Å². The monoisotopic (exact) mass is 570 g/mol. The molecular weight excluding hydrogens is 531 g/mol. The van der Waals surface area contributed by atoms with Gasteiger partial charge in [0.25, 0.3) is 11.8 Å². The first-order valence-electron chi connectivity index (χ1n) is 13.1. The molecule has 1 saturated heterocycles. The summed E-state index contributed by atoms with van der Waals surface area (Å²) >= 11 is 12.1. The number of carbonyl (C=O) groups excluding carboxylic acids is 3. The number of hydrogen-bond acceptors (Lipinski definition) is 6. The third kappa shape index (κ3) is 10.9. The molecule has 3 N–H and O–H groups in total. The van der Waals surface area contributed by atoms with Gasteiger partial charge >= 0.3 is 0 Å². The molecule has 0 aromatic heterocycles. The fraction of sp³-hybridized carbons (Fsp3) is 0.593. The minimum atomic E-state index is -1.15. The molecule has 3 amide bonds. The summed E-state index contributed by atoms with van der Waals surface area (Å²) in [6, 6.07) is 7.42. The van der Waals surface area contributed by atoms with Gasteiger partial charge in [-0.1, -0.05) is 56.3 Å². The summed E-state index contributed by atoms with van der Waals surface area (Å²) in [6.45, 7) is 5.78. The molecule has 2 rings (SSSR count). The van der Waals surface area contributed by atoms with E-state index in [-0.39, 0.29) is 25.3 Å². The standard InChI is InChI=1S/C27H40Cl2N4O5/c1-19(2)15-16-24(34)33(32(18-23(28)29)27(36)20(3)30)22(13-9-12-21-10-5-4-6-11-21)26(35)31-38-25-14-7-8-17-37-25/h4-6,9-12,19-20,22-23,25H,7-8,13-18,30H2,1-3H3,(H,31,35)/t20-,22+,25?/m1/s1. The number of nitrogens with zero attached hydrogens (tertiary/aromatic N) is 2. The van der Waals surface area contributed by atoms with Crippen LogP contribution in [0.3, 0.4) is 0 Å². The van der Waals surface area contributed by atoms with E-state index in [1.165, 1.54) is 6.92 Å². The van der Waals surface area contributed by atoms with Crippen LogP contribution in [0.1, 0.15) is 64.9 Å². The molecule has 1 aromatic carbocycles. The minimum Gasteiger partial charge on any atom is -0.350 e. The van der Waals surface area contributed by atoms with E-state index in [0.29, 0.717) is 19.4 Å². The Bertz CT molecular complexity index is 908. The molecule has 0 saturated carbocycles. The van der Waals surface area contributed by atoms with Gasteiger partial charge in [0.1, 0.15) is 10.9 Å². The predicted octanol–water partition coefficient (Wildman–Crippen LogP) is 4.19. The quantitative estimate of drug-likeness (QED) is 0.271. The van der Waals surface area contributed by atoms with E-state index < -0.39 is 40.9 Å². The van der Waals surface area contributed by atoms with Crippen molar-refractivity contribution in [3.63, 3.8) is 0 Å². The number of benzene rings is 1. The van der Waals surface area contributed by atoms with E-state index >= 15 is 0 Å². The Morgan fingerprint density at radius 2 is 1.89 bits per heavy atom. The normalized spacial score (nSPS) is 17.4. The van der Waals surface area contributed by atoms with E-state index in [4.69, 9.17) is 38.5 Å². The van der Waals surface area contributed by atoms with Crippen LogP contribution in [0.15, 0.2) is 36.4 Å². The Morgan fingerprint density at radius 3 is 2.47 bits per heavy atom. The van der Waals surface area contributed by atoms with Crippen LogP contribution in [-0.4, -0.2) is 64.1 Å². The maximum atomic E-state index is 13.6. The zero-order chi connectivity index (χ0) is 28.1. The van der Waals surface area contributed by atoms with E-state index in [9.17, 15) is 14.4 Å². The Balaban J connectivity index is 2.42. The van der Waals surface area contributed by atoms with Crippen molar-refractivity contribution in [2.24, 2.45) is 11.7 Å². The molecule has 1 fully saturated rings. The summed E-state index contributed by atoms with van der Waals surface area (Å²) < 4.78 is 5.54. The molecule has 212 valence electrons. The Morgan fingerprint density at radius 1 is 1.18 bits per heavy atom. The molecule has 1 heterocycles. The van der Waals surface area contributed by atoms with Gasteiger partial charge in [-0.15, -0.1) is 23.2 Å². The summed E-state index contributed by atoms with van der Waals surface area (Å²) in [7, 11) is 0. The zero-order valence-corrected chi connectivity index (χ0v) is 23.9. The number of nitrogens with one attached hydrogen (secondary N) is 1. The van der Waals surface area contributed by atoms with Crippen LogP contribution in [0.4, 0.5) is 0 Å². The van der Waals surface area contributed by atoms with Crippen molar-refractivity contribution in [1.82, 2.24) is 15.5 Å². The van der Waals surface area contributed by atoms with Crippen LogP contribution in [0.2, 0.25) is 0 Å². The largest absolute Gasteiger partial charge is 0.350 e. The third-order valence-electron chi connectivity index (χ3n) is 5.90. The SMILES string of the molecule is CC(C)CCC(=O)N([C@@H](CC=Cc1ccccc1)C(=O)NOC1CCCCO1)N(CC(Cl)Cl)C(=O)[C@@H](C)N. The second kappa shape index (κ2) is 16.7. The van der Waals surface area contributed by atoms with Crippen molar-refractivity contribution >= 4 is 47.0 Å². The number of carbonyl (C=O) groups is 3. The highest BCUT2D eigenvalue weighted by Gasteiger charge is 2.38. The molecule has 9 nitrogen and oxygen atoms in total. The van der Waals surface area contributed by atoms with Crippen LogP contribution in [0.25, 0.3) is 6.08 Å². The van der Waals surface area contributed by atoms with E-state index in [2.05, 4.69) is 5.48 Å². The van der Waals surface area contributed by atoms with Crippen LogP contribution in [0, 0.1) is 5.92 Å². The number of ether oxygens (including phenoxy) is 1. The van der Waals surface area contributed by atoms with Crippen LogP contribution < -0.4 is 11.2 Å². The summed E-state index contributed by atoms with van der Waals surface area (Å²) in [5.41, 5.74) is 9.28. The first-order chi connectivity index (χ1) is 18.1. The minimum absolute atomic E-state index is 0.0843. The van der Waals surface area contributed by atoms with Crippen molar-refractivity contribution in [2.45, 2.75) is 82.5 Å². The van der Waals surface area contributed by atoms with Crippen LogP contribution in [0.5, 0.6) is 0 Å². The maximum absolute atomic E-state index is 13.6. The summed E-state index contributed by atoms with van der Waals surface area (Å²) in [4.78, 5) is 44.8. The molecule has 0 bridgehead atoms. The lowest BCUT2D eigenvalue weighted by molar-refractivity contribution is -0.206. The fourth-order valence-corrected chi connectivity index (χ4v) is 4.13. The number of nitrogens with two attached hydrogens (primary N) is 1. The first kappa shape index (κ1) is 32.0. The van der Waals surface area contributed by atoms with Crippen molar-refractivity contribution in [3.8, 4) is 0 Å². The number of rotatable bonds is 13. The maximum Gasteiger partial charge on any atom is 0.268 e. The molecule has 3 atom stereocenters. The van der Waals surface area contributed by atoms with E-state index in [1.54, 1.807) is 6.08 Å². The van der Waals surface area contributed by atoms with E-state index in [0.717, 1.165) is 28.4 Å². The lowest BCUT2D eigenvalue weighted by Gasteiger charge is -2.40. The van der Waals surface area contributed by atoms with Gasteiger partial charge < -0.3 is 10.5 Å². The van der Waals surface area contributed by atoms with Crippen molar-refractivity contribution in [1.29, 1.82) is 0 Å². The predicted molar refractivity (Wildman–Crippen MR) is 148 cm³/mol. The first-order valence-corrected chi connectivity index (χ1v) is 13.9. The Kier molecular flexibility index (Phi) is 14.1. The number of hydrogen-bond donors (Lipinski definition) is 2. The summed E-state index contributed by atoms with van der Waals surface area (Å²) in [5, 5.41) is 2.23. The van der Waals surface area contributed by atoms with E-state index in [1.807, 2.05) is 50.3 Å². The molecule has 1 aromatic rings. The second-order valence-corrected chi connectivity index (χ2v) is 11.0. The molecule has 1 aliphatic heterocycles. The lowest BCUT2D eigenvalue weighted by atomic mass is 10.1. The van der Waals surface area contributed by atoms with Gasteiger partial charge in [-0.3, -0.25) is 14.4 Å². The molecule has 1 aliphatic rings. The number of amides is 3. The molecule has 1 unspecified atom stereocenters. The van der Waals surface area contributed by atoms with Crippen LogP contribution >= 0.6 is 23.2 Å². The summed E-state index contributed by atoms with van der Waals surface area (Å²) in [6.07, 6.45) is 6.23. The molecule has 11 heteroatoms. The van der Waals surface area contributed by atoms with Gasteiger partial charge in [0.15, 0.2) is 6.29 Å². The lowest BCUT2D eigenvalue weighted by Crippen LogP contribution is -2.62. The molecule has 0 spiro atoms. The third-order valence-corrected chi connectivity index (χ3v) is 6.18.